The SMILES string of the molecule is O=C(CCOc1ccccc1)N1CCN(C(=O)C2CCC2)CC1. The second kappa shape index (κ2) is 7.49. The van der Waals surface area contributed by atoms with Crippen molar-refractivity contribution in [2.45, 2.75) is 25.7 Å². The van der Waals surface area contributed by atoms with Crippen LogP contribution in [0.15, 0.2) is 30.3 Å². The van der Waals surface area contributed by atoms with Crippen LogP contribution in [0, 0.1) is 5.92 Å². The molecule has 1 aromatic rings. The third-order valence-electron chi connectivity index (χ3n) is 4.73. The molecule has 2 amide bonds. The first-order valence-corrected chi connectivity index (χ1v) is 8.48. The molecule has 124 valence electrons. The van der Waals surface area contributed by atoms with Gasteiger partial charge in [-0.2, -0.15) is 0 Å². The predicted octanol–water partition coefficient (Wildman–Crippen LogP) is 1.93. The van der Waals surface area contributed by atoms with Crippen LogP contribution in [0.1, 0.15) is 25.7 Å². The number of benzene rings is 1. The van der Waals surface area contributed by atoms with E-state index in [0.29, 0.717) is 39.2 Å². The van der Waals surface area contributed by atoms with E-state index in [2.05, 4.69) is 0 Å². The lowest BCUT2D eigenvalue weighted by Crippen LogP contribution is -2.52. The molecule has 0 unspecified atom stereocenters. The van der Waals surface area contributed by atoms with Crippen molar-refractivity contribution in [3.63, 3.8) is 0 Å². The fourth-order valence-corrected chi connectivity index (χ4v) is 3.02. The highest BCUT2D eigenvalue weighted by molar-refractivity contribution is 5.80. The topological polar surface area (TPSA) is 49.9 Å². The minimum absolute atomic E-state index is 0.108. The number of piperazine rings is 1. The normalized spacial score (nSPS) is 18.4. The van der Waals surface area contributed by atoms with E-state index < -0.39 is 0 Å². The zero-order chi connectivity index (χ0) is 16.1. The smallest absolute Gasteiger partial charge is 0.226 e. The van der Waals surface area contributed by atoms with Gasteiger partial charge in [-0.15, -0.1) is 0 Å². The van der Waals surface area contributed by atoms with Gasteiger partial charge in [0.05, 0.1) is 13.0 Å². The summed E-state index contributed by atoms with van der Waals surface area (Å²) in [6.45, 7) is 3.01. The van der Waals surface area contributed by atoms with Gasteiger partial charge in [0, 0.05) is 32.1 Å². The molecule has 1 heterocycles. The van der Waals surface area contributed by atoms with Crippen LogP contribution < -0.4 is 4.74 Å². The molecule has 1 aliphatic heterocycles. The van der Waals surface area contributed by atoms with Crippen molar-refractivity contribution < 1.29 is 14.3 Å². The number of amides is 2. The summed E-state index contributed by atoms with van der Waals surface area (Å²) in [7, 11) is 0. The number of carbonyl (C=O) groups excluding carboxylic acids is 2. The Balaban J connectivity index is 1.37. The summed E-state index contributed by atoms with van der Waals surface area (Å²) in [5, 5.41) is 0. The third-order valence-corrected chi connectivity index (χ3v) is 4.73. The average Bonchev–Trinajstić information content (AvgIpc) is 2.54. The molecule has 5 nitrogen and oxygen atoms in total. The fraction of sp³-hybridized carbons (Fsp3) is 0.556. The maximum atomic E-state index is 12.2. The number of ether oxygens (including phenoxy) is 1. The lowest BCUT2D eigenvalue weighted by molar-refractivity contribution is -0.144. The Hall–Kier alpha value is -2.04. The van der Waals surface area contributed by atoms with Crippen molar-refractivity contribution >= 4 is 11.8 Å². The van der Waals surface area contributed by atoms with Gasteiger partial charge in [-0.1, -0.05) is 24.6 Å². The highest BCUT2D eigenvalue weighted by Gasteiger charge is 2.31. The first-order valence-electron chi connectivity index (χ1n) is 8.48. The van der Waals surface area contributed by atoms with E-state index in [-0.39, 0.29) is 17.7 Å². The number of hydrogen-bond donors (Lipinski definition) is 0. The Labute approximate surface area is 137 Å². The van der Waals surface area contributed by atoms with Crippen LogP contribution in [-0.4, -0.2) is 54.4 Å². The number of para-hydroxylation sites is 1. The molecule has 2 aliphatic rings. The summed E-state index contributed by atoms with van der Waals surface area (Å²) < 4.78 is 5.57. The molecule has 0 bridgehead atoms. The van der Waals surface area contributed by atoms with E-state index in [4.69, 9.17) is 4.74 Å². The van der Waals surface area contributed by atoms with Crippen molar-refractivity contribution in [1.82, 2.24) is 9.80 Å². The van der Waals surface area contributed by atoms with Crippen molar-refractivity contribution in [1.29, 1.82) is 0 Å². The van der Waals surface area contributed by atoms with Crippen molar-refractivity contribution in [2.24, 2.45) is 5.92 Å². The van der Waals surface area contributed by atoms with Gasteiger partial charge < -0.3 is 14.5 Å². The number of carbonyl (C=O) groups is 2. The molecule has 5 heteroatoms. The van der Waals surface area contributed by atoms with Crippen LogP contribution in [0.25, 0.3) is 0 Å². The monoisotopic (exact) mass is 316 g/mol. The molecule has 0 spiro atoms. The van der Waals surface area contributed by atoms with Crippen LogP contribution in [0.2, 0.25) is 0 Å². The van der Waals surface area contributed by atoms with E-state index in [1.165, 1.54) is 6.42 Å². The van der Waals surface area contributed by atoms with Gasteiger partial charge >= 0.3 is 0 Å². The summed E-state index contributed by atoms with van der Waals surface area (Å²) in [5.41, 5.74) is 0. The molecule has 0 atom stereocenters. The highest BCUT2D eigenvalue weighted by atomic mass is 16.5. The molecule has 2 fully saturated rings. The average molecular weight is 316 g/mol. The lowest BCUT2D eigenvalue weighted by Gasteiger charge is -2.38. The van der Waals surface area contributed by atoms with Crippen molar-refractivity contribution in [3.8, 4) is 5.75 Å². The van der Waals surface area contributed by atoms with Crippen LogP contribution >= 0.6 is 0 Å². The maximum absolute atomic E-state index is 12.2. The van der Waals surface area contributed by atoms with Crippen LogP contribution in [0.5, 0.6) is 5.75 Å². The quantitative estimate of drug-likeness (QED) is 0.834. The van der Waals surface area contributed by atoms with Gasteiger partial charge in [-0.25, -0.2) is 0 Å². The van der Waals surface area contributed by atoms with E-state index in [1.807, 2.05) is 40.1 Å². The van der Waals surface area contributed by atoms with E-state index in [0.717, 1.165) is 18.6 Å². The largest absolute Gasteiger partial charge is 0.493 e. The van der Waals surface area contributed by atoms with Gasteiger partial charge in [0.15, 0.2) is 0 Å². The molecule has 1 saturated carbocycles. The number of hydrogen-bond acceptors (Lipinski definition) is 3. The summed E-state index contributed by atoms with van der Waals surface area (Å²) in [5.74, 6) is 1.43. The molecule has 1 aromatic carbocycles. The lowest BCUT2D eigenvalue weighted by atomic mass is 9.84. The highest BCUT2D eigenvalue weighted by Crippen LogP contribution is 2.28. The summed E-state index contributed by atoms with van der Waals surface area (Å²) in [6, 6.07) is 9.53. The number of nitrogens with zero attached hydrogens (tertiary/aromatic N) is 2. The van der Waals surface area contributed by atoms with Crippen LogP contribution in [0.4, 0.5) is 0 Å². The second-order valence-electron chi connectivity index (χ2n) is 6.25. The number of rotatable bonds is 5. The van der Waals surface area contributed by atoms with Gasteiger partial charge in [0.25, 0.3) is 0 Å². The van der Waals surface area contributed by atoms with Crippen LogP contribution in [0.3, 0.4) is 0 Å². The molecule has 1 aliphatic carbocycles. The van der Waals surface area contributed by atoms with E-state index >= 15 is 0 Å². The Kier molecular flexibility index (Phi) is 5.16. The van der Waals surface area contributed by atoms with E-state index in [9.17, 15) is 9.59 Å². The van der Waals surface area contributed by atoms with Gasteiger partial charge in [0.1, 0.15) is 5.75 Å². The summed E-state index contributed by atoms with van der Waals surface area (Å²) >= 11 is 0. The Bertz CT molecular complexity index is 534. The van der Waals surface area contributed by atoms with Gasteiger partial charge in [-0.3, -0.25) is 9.59 Å². The molecule has 23 heavy (non-hydrogen) atoms. The summed E-state index contributed by atoms with van der Waals surface area (Å²) in [4.78, 5) is 28.2. The Morgan fingerprint density at radius 3 is 2.26 bits per heavy atom. The molecule has 3 rings (SSSR count). The first-order chi connectivity index (χ1) is 11.2. The molecular weight excluding hydrogens is 292 g/mol. The molecule has 0 radical (unpaired) electrons. The molecule has 1 saturated heterocycles. The zero-order valence-corrected chi connectivity index (χ0v) is 13.4. The Morgan fingerprint density at radius 1 is 1.00 bits per heavy atom. The van der Waals surface area contributed by atoms with Gasteiger partial charge in [-0.05, 0) is 25.0 Å². The zero-order valence-electron chi connectivity index (χ0n) is 13.4. The van der Waals surface area contributed by atoms with Crippen molar-refractivity contribution in [3.05, 3.63) is 30.3 Å². The first kappa shape index (κ1) is 15.8. The Morgan fingerprint density at radius 2 is 1.65 bits per heavy atom. The van der Waals surface area contributed by atoms with Gasteiger partial charge in [0.2, 0.25) is 11.8 Å². The minimum Gasteiger partial charge on any atom is -0.493 e. The predicted molar refractivity (Wildman–Crippen MR) is 87.1 cm³/mol. The van der Waals surface area contributed by atoms with Crippen molar-refractivity contribution in [2.75, 3.05) is 32.8 Å². The van der Waals surface area contributed by atoms with E-state index in [1.54, 1.807) is 0 Å². The molecule has 0 aromatic heterocycles. The third kappa shape index (κ3) is 4.03. The second-order valence-corrected chi connectivity index (χ2v) is 6.25. The standard InChI is InChI=1S/C18H24N2O3/c21-17(9-14-23-16-7-2-1-3-8-16)19-10-12-20(13-11-19)18(22)15-5-4-6-15/h1-3,7-8,15H,4-6,9-14H2. The minimum atomic E-state index is 0.108. The fourth-order valence-electron chi connectivity index (χ4n) is 3.02. The molecule has 0 N–H and O–H groups in total. The maximum Gasteiger partial charge on any atom is 0.226 e. The molecular formula is C18H24N2O3. The van der Waals surface area contributed by atoms with Crippen LogP contribution in [-0.2, 0) is 9.59 Å². The summed E-state index contributed by atoms with van der Waals surface area (Å²) in [6.07, 6.45) is 3.63.